The van der Waals surface area contributed by atoms with E-state index in [-0.39, 0.29) is 11.3 Å². The lowest BCUT2D eigenvalue weighted by Gasteiger charge is -2.23. The van der Waals surface area contributed by atoms with E-state index in [1.165, 1.54) is 27.1 Å². The van der Waals surface area contributed by atoms with Crippen LogP contribution < -0.4 is 9.64 Å². The van der Waals surface area contributed by atoms with Crippen LogP contribution in [-0.4, -0.2) is 14.1 Å². The summed E-state index contributed by atoms with van der Waals surface area (Å²) in [6.45, 7) is 15.1. The summed E-state index contributed by atoms with van der Waals surface area (Å²) in [6, 6.07) is 64.4. The van der Waals surface area contributed by atoms with Gasteiger partial charge in [-0.2, -0.15) is 0 Å². The summed E-state index contributed by atoms with van der Waals surface area (Å²) in [6.07, 6.45) is 0.185. The van der Waals surface area contributed by atoms with E-state index < -0.39 is 12.3 Å². The van der Waals surface area contributed by atoms with Crippen molar-refractivity contribution in [3.8, 4) is 28.4 Å². The second-order valence-corrected chi connectivity index (χ2v) is 20.3. The summed E-state index contributed by atoms with van der Waals surface area (Å²) in [4.78, 5) is 7.21. The fraction of sp³-hybridized carbons (Fsp3) is 0.185. The minimum atomic E-state index is -1.52. The molecule has 8 aromatic carbocycles. The second kappa shape index (κ2) is 17.0. The quantitative estimate of drug-likeness (QED) is 0.152. The van der Waals surface area contributed by atoms with Crippen LogP contribution in [0.1, 0.15) is 75.2 Å². The lowest BCUT2D eigenvalue weighted by Crippen LogP contribution is -2.15. The minimum Gasteiger partial charge on any atom is -0.457 e. The molecule has 0 unspecified atom stereocenters. The van der Waals surface area contributed by atoms with Gasteiger partial charge in [-0.1, -0.05) is 170 Å². The van der Waals surface area contributed by atoms with E-state index in [0.29, 0.717) is 29.5 Å². The standard InChI is InChI=1S/C65H58N4O/c1-41(2)33-43-31-32-66-62(34-43)69-59-27-13-12-23-55(59)56-30-29-49(39-61(56)69)70-48-18-14-17-47(38-48)67-40-68-63-50(45-35-44(42(3)4)36-46(37-45)65(5,6)7)24-15-25-57(63)53-21-10-8-19-51(53)52-20-9-11-22-54(52)58-26-16-28-60(67)64(58)68/h8-32,34-39,41-42H,33,40H2,1-7H3/i33D2,42D. The molecule has 0 bridgehead atoms. The third-order valence-electron chi connectivity index (χ3n) is 14.0. The summed E-state index contributed by atoms with van der Waals surface area (Å²) in [5.74, 6) is 1.02. The molecule has 3 aromatic heterocycles. The van der Waals surface area contributed by atoms with Gasteiger partial charge in [-0.3, -0.25) is 4.57 Å². The number of fused-ring (bicyclic) bond motifs is 10. The molecular weight excluding hydrogens is 853 g/mol. The average Bonchev–Trinajstić information content (AvgIpc) is 3.95. The number of hydrogen-bond acceptors (Lipinski definition) is 3. The Hall–Kier alpha value is -7.89. The number of pyridine rings is 1. The largest absolute Gasteiger partial charge is 0.457 e. The molecule has 0 atom stereocenters. The third-order valence-corrected chi connectivity index (χ3v) is 14.0. The Bertz CT molecular complexity index is 4060. The molecular formula is C65H58N4O. The first-order valence-electron chi connectivity index (χ1n) is 26.0. The van der Waals surface area contributed by atoms with Gasteiger partial charge >= 0.3 is 0 Å². The maximum absolute atomic E-state index is 9.27. The molecule has 0 spiro atoms. The number of nitrogens with zero attached hydrogens (tertiary/aromatic N) is 4. The van der Waals surface area contributed by atoms with E-state index in [0.717, 1.165) is 71.7 Å². The van der Waals surface area contributed by atoms with Crippen LogP contribution in [0.4, 0.5) is 11.4 Å². The average molecular weight is 914 g/mol. The molecule has 5 heteroatoms. The van der Waals surface area contributed by atoms with Crippen molar-refractivity contribution in [2.75, 3.05) is 4.90 Å². The SMILES string of the molecule is [2H]C(C)(C)c1cc(-c2cccc3c4ccccc4c4ccccc4c4cccc5c4n(c23)CN5c2cccc(Oc3ccc4c5ccccc5n(-c5cc(C([2H])([2H])C(C)C)ccn5)c4c3)c2)cc(C(C)(C)C)c1. The van der Waals surface area contributed by atoms with Crippen molar-refractivity contribution in [1.82, 2.24) is 14.1 Å². The van der Waals surface area contributed by atoms with Gasteiger partial charge in [0, 0.05) is 55.2 Å². The molecule has 0 radical (unpaired) electrons. The number of anilines is 2. The highest BCUT2D eigenvalue weighted by Gasteiger charge is 2.27. The Morgan fingerprint density at radius 3 is 1.93 bits per heavy atom. The molecule has 4 heterocycles. The van der Waals surface area contributed by atoms with Gasteiger partial charge in [0.05, 0.1) is 27.8 Å². The van der Waals surface area contributed by atoms with Crippen LogP contribution in [0.15, 0.2) is 188 Å². The van der Waals surface area contributed by atoms with Crippen molar-refractivity contribution in [2.45, 2.75) is 72.8 Å². The maximum Gasteiger partial charge on any atom is 0.137 e. The molecule has 1 aliphatic heterocycles. The number of hydrogen-bond donors (Lipinski definition) is 0. The molecule has 70 heavy (non-hydrogen) atoms. The summed E-state index contributed by atoms with van der Waals surface area (Å²) >= 11 is 0. The van der Waals surface area contributed by atoms with E-state index in [9.17, 15) is 1.37 Å². The third kappa shape index (κ3) is 7.43. The zero-order valence-electron chi connectivity index (χ0n) is 43.9. The van der Waals surface area contributed by atoms with Crippen molar-refractivity contribution >= 4 is 76.5 Å². The first-order valence-corrected chi connectivity index (χ1v) is 24.5. The highest BCUT2D eigenvalue weighted by molar-refractivity contribution is 6.22. The van der Waals surface area contributed by atoms with E-state index >= 15 is 0 Å². The lowest BCUT2D eigenvalue weighted by molar-refractivity contribution is 0.483. The second-order valence-electron chi connectivity index (χ2n) is 20.3. The van der Waals surface area contributed by atoms with Gasteiger partial charge in [0.1, 0.15) is 24.0 Å². The van der Waals surface area contributed by atoms with Crippen LogP contribution in [0.5, 0.6) is 11.5 Å². The van der Waals surface area contributed by atoms with Gasteiger partial charge in [0.25, 0.3) is 0 Å². The van der Waals surface area contributed by atoms with Crippen molar-refractivity contribution in [3.63, 3.8) is 0 Å². The first-order chi connectivity index (χ1) is 35.0. The van der Waals surface area contributed by atoms with E-state index in [1.807, 2.05) is 58.0 Å². The summed E-state index contributed by atoms with van der Waals surface area (Å²) in [7, 11) is 0. The number of aromatic nitrogens is 3. The molecule has 0 saturated heterocycles. The first kappa shape index (κ1) is 40.0. The molecule has 0 fully saturated rings. The molecule has 12 rings (SSSR count). The van der Waals surface area contributed by atoms with Gasteiger partial charge in [-0.25, -0.2) is 4.98 Å². The van der Waals surface area contributed by atoms with Crippen LogP contribution in [0.2, 0.25) is 0 Å². The van der Waals surface area contributed by atoms with Gasteiger partial charge in [-0.05, 0) is 116 Å². The Kier molecular flexibility index (Phi) is 9.70. The van der Waals surface area contributed by atoms with E-state index in [4.69, 9.17) is 12.5 Å². The van der Waals surface area contributed by atoms with Crippen LogP contribution in [0, 0.1) is 5.92 Å². The Morgan fingerprint density at radius 2 is 1.21 bits per heavy atom. The molecule has 344 valence electrons. The number of ether oxygens (including phenoxy) is 1. The van der Waals surface area contributed by atoms with Crippen molar-refractivity contribution < 1.29 is 8.85 Å². The minimum absolute atomic E-state index is 0.137. The van der Waals surface area contributed by atoms with Crippen LogP contribution in [0.3, 0.4) is 0 Å². The number of para-hydroxylation sites is 3. The number of benzene rings is 8. The molecule has 0 amide bonds. The summed E-state index contributed by atoms with van der Waals surface area (Å²) in [5, 5.41) is 9.15. The Morgan fingerprint density at radius 1 is 0.586 bits per heavy atom. The normalized spacial score (nSPS) is 13.7. The number of rotatable bonds is 8. The fourth-order valence-corrected chi connectivity index (χ4v) is 10.7. The van der Waals surface area contributed by atoms with E-state index in [2.05, 4.69) is 180 Å². The van der Waals surface area contributed by atoms with E-state index in [1.54, 1.807) is 12.3 Å². The predicted octanol–water partition coefficient (Wildman–Crippen LogP) is 17.9. The van der Waals surface area contributed by atoms with Crippen molar-refractivity contribution in [1.29, 1.82) is 0 Å². The van der Waals surface area contributed by atoms with Gasteiger partial charge in [-0.15, -0.1) is 0 Å². The summed E-state index contributed by atoms with van der Waals surface area (Å²) < 4.78 is 38.6. The fourth-order valence-electron chi connectivity index (χ4n) is 10.7. The van der Waals surface area contributed by atoms with Crippen molar-refractivity contribution in [2.24, 2.45) is 5.92 Å². The smallest absolute Gasteiger partial charge is 0.137 e. The summed E-state index contributed by atoms with van der Waals surface area (Å²) in [5.41, 5.74) is 11.1. The van der Waals surface area contributed by atoms with Gasteiger partial charge in [0.2, 0.25) is 0 Å². The predicted molar refractivity (Wildman–Crippen MR) is 296 cm³/mol. The monoisotopic (exact) mass is 913 g/mol. The molecule has 5 nitrogen and oxygen atoms in total. The highest BCUT2D eigenvalue weighted by atomic mass is 16.5. The van der Waals surface area contributed by atoms with Gasteiger partial charge in [0.15, 0.2) is 0 Å². The molecule has 0 aliphatic carbocycles. The topological polar surface area (TPSA) is 35.2 Å². The Labute approximate surface area is 414 Å². The van der Waals surface area contributed by atoms with Gasteiger partial charge < -0.3 is 14.2 Å². The molecule has 11 aromatic rings. The molecule has 0 N–H and O–H groups in total. The highest BCUT2D eigenvalue weighted by Crippen LogP contribution is 2.46. The van der Waals surface area contributed by atoms with Crippen molar-refractivity contribution in [3.05, 3.63) is 205 Å². The Balaban J connectivity index is 1.04. The zero-order chi connectivity index (χ0) is 50.6. The van der Waals surface area contributed by atoms with Crippen LogP contribution >= 0.6 is 0 Å². The van der Waals surface area contributed by atoms with Crippen LogP contribution in [-0.2, 0) is 18.5 Å². The molecule has 0 saturated carbocycles. The maximum atomic E-state index is 9.27. The van der Waals surface area contributed by atoms with Crippen LogP contribution in [0.25, 0.3) is 82.1 Å². The molecule has 1 aliphatic rings. The zero-order valence-corrected chi connectivity index (χ0v) is 40.9. The lowest BCUT2D eigenvalue weighted by atomic mass is 9.82.